The van der Waals surface area contributed by atoms with Gasteiger partial charge in [-0.05, 0) is 29.8 Å². The van der Waals surface area contributed by atoms with E-state index in [1.54, 1.807) is 0 Å². The van der Waals surface area contributed by atoms with Gasteiger partial charge in [-0.15, -0.1) is 13.2 Å². The zero-order chi connectivity index (χ0) is 14.0. The molecule has 0 atom stereocenters. The van der Waals surface area contributed by atoms with Crippen LogP contribution in [0, 0.1) is 5.95 Å². The average Bonchev–Trinajstić information content (AvgIpc) is 2.26. The minimum Gasteiger partial charge on any atom is -0.406 e. The van der Waals surface area contributed by atoms with Gasteiger partial charge in [0.25, 0.3) is 0 Å². The number of halogens is 5. The maximum Gasteiger partial charge on any atom is 0.573 e. The van der Waals surface area contributed by atoms with Crippen LogP contribution in [0.5, 0.6) is 5.75 Å². The van der Waals surface area contributed by atoms with Crippen molar-refractivity contribution in [3.8, 4) is 16.9 Å². The van der Waals surface area contributed by atoms with Gasteiger partial charge in [0.2, 0.25) is 5.95 Å². The zero-order valence-electron chi connectivity index (χ0n) is 9.21. The molecule has 0 saturated carbocycles. The molecule has 0 radical (unpaired) electrons. The van der Waals surface area contributed by atoms with E-state index < -0.39 is 18.1 Å². The highest BCUT2D eigenvalue weighted by Gasteiger charge is 2.31. The Morgan fingerprint density at radius 1 is 1.11 bits per heavy atom. The molecule has 0 saturated heterocycles. The summed E-state index contributed by atoms with van der Waals surface area (Å²) in [6, 6.07) is 7.63. The van der Waals surface area contributed by atoms with Gasteiger partial charge in [0.05, 0.1) is 0 Å². The van der Waals surface area contributed by atoms with Gasteiger partial charge in [-0.2, -0.15) is 4.39 Å². The van der Waals surface area contributed by atoms with Crippen LogP contribution >= 0.6 is 11.6 Å². The lowest BCUT2D eigenvalue weighted by Gasteiger charge is -2.10. The first-order valence-corrected chi connectivity index (χ1v) is 5.41. The smallest absolute Gasteiger partial charge is 0.406 e. The van der Waals surface area contributed by atoms with E-state index in [1.165, 1.54) is 24.3 Å². The number of benzene rings is 1. The maximum atomic E-state index is 13.5. The number of ether oxygens (including phenoxy) is 1. The molecule has 1 heterocycles. The average molecular weight is 292 g/mol. The third-order valence-electron chi connectivity index (χ3n) is 2.19. The van der Waals surface area contributed by atoms with Gasteiger partial charge in [-0.25, -0.2) is 4.98 Å². The Balaban J connectivity index is 2.38. The molecule has 0 spiro atoms. The molecule has 0 aliphatic heterocycles. The summed E-state index contributed by atoms with van der Waals surface area (Å²) in [5.41, 5.74) is 0.250. The lowest BCUT2D eigenvalue weighted by Crippen LogP contribution is -2.17. The molecule has 0 fully saturated rings. The predicted octanol–water partition coefficient (Wildman–Crippen LogP) is 4.44. The van der Waals surface area contributed by atoms with Crippen molar-refractivity contribution in [1.82, 2.24) is 4.98 Å². The summed E-state index contributed by atoms with van der Waals surface area (Å²) in [4.78, 5) is 3.39. The summed E-state index contributed by atoms with van der Waals surface area (Å²) in [5, 5.41) is -0.0380. The van der Waals surface area contributed by atoms with E-state index >= 15 is 0 Å². The molecule has 0 aliphatic carbocycles. The van der Waals surface area contributed by atoms with Gasteiger partial charge in [0, 0.05) is 5.56 Å². The molecule has 1 aromatic heterocycles. The Hall–Kier alpha value is -1.82. The Labute approximate surface area is 110 Å². The van der Waals surface area contributed by atoms with Gasteiger partial charge in [0.1, 0.15) is 10.9 Å². The molecule has 0 unspecified atom stereocenters. The van der Waals surface area contributed by atoms with Crippen LogP contribution in [0.25, 0.3) is 11.1 Å². The van der Waals surface area contributed by atoms with E-state index in [9.17, 15) is 17.6 Å². The summed E-state index contributed by atoms with van der Waals surface area (Å²) in [7, 11) is 0. The van der Waals surface area contributed by atoms with E-state index in [4.69, 9.17) is 11.6 Å². The molecule has 2 nitrogen and oxygen atoms in total. The highest BCUT2D eigenvalue weighted by molar-refractivity contribution is 6.29. The van der Waals surface area contributed by atoms with E-state index in [0.29, 0.717) is 0 Å². The van der Waals surface area contributed by atoms with Crippen molar-refractivity contribution in [3.63, 3.8) is 0 Å². The van der Waals surface area contributed by atoms with E-state index in [1.807, 2.05) is 0 Å². The second-order valence-corrected chi connectivity index (χ2v) is 3.94. The number of aromatic nitrogens is 1. The van der Waals surface area contributed by atoms with Gasteiger partial charge >= 0.3 is 6.36 Å². The SMILES string of the molecule is Fc1nc(Cl)ccc1-c1cccc(OC(F)(F)F)c1. The summed E-state index contributed by atoms with van der Waals surface area (Å²) in [6.07, 6.45) is -4.80. The molecule has 0 aliphatic rings. The van der Waals surface area contributed by atoms with Crippen molar-refractivity contribution in [3.05, 3.63) is 47.5 Å². The van der Waals surface area contributed by atoms with E-state index in [2.05, 4.69) is 9.72 Å². The molecule has 19 heavy (non-hydrogen) atoms. The quantitative estimate of drug-likeness (QED) is 0.603. The molecule has 2 rings (SSSR count). The van der Waals surface area contributed by atoms with Crippen LogP contribution in [0.2, 0.25) is 5.15 Å². The standard InChI is InChI=1S/C12H6ClF4NO/c13-10-5-4-9(11(14)18-10)7-2-1-3-8(6-7)19-12(15,16)17/h1-6H. The van der Waals surface area contributed by atoms with Crippen molar-refractivity contribution in [2.24, 2.45) is 0 Å². The number of alkyl halides is 3. The predicted molar refractivity (Wildman–Crippen MR) is 61.3 cm³/mol. The Kier molecular flexibility index (Phi) is 3.61. The summed E-state index contributed by atoms with van der Waals surface area (Å²) in [5.74, 6) is -1.30. The summed E-state index contributed by atoms with van der Waals surface area (Å²) in [6.45, 7) is 0. The first-order valence-electron chi connectivity index (χ1n) is 5.03. The lowest BCUT2D eigenvalue weighted by molar-refractivity contribution is -0.274. The molecule has 0 amide bonds. The van der Waals surface area contributed by atoms with Crippen LogP contribution in [0.1, 0.15) is 0 Å². The van der Waals surface area contributed by atoms with Crippen molar-refractivity contribution < 1.29 is 22.3 Å². The second-order valence-electron chi connectivity index (χ2n) is 3.55. The summed E-state index contributed by atoms with van der Waals surface area (Å²) >= 11 is 5.50. The molecular weight excluding hydrogens is 286 g/mol. The third kappa shape index (κ3) is 3.57. The molecular formula is C12H6ClF4NO. The molecule has 1 aromatic carbocycles. The van der Waals surface area contributed by atoms with Gasteiger partial charge in [-0.1, -0.05) is 23.7 Å². The van der Waals surface area contributed by atoms with Gasteiger partial charge < -0.3 is 4.74 Å². The first kappa shape index (κ1) is 13.6. The Bertz CT molecular complexity index is 601. The van der Waals surface area contributed by atoms with E-state index in [-0.39, 0.29) is 16.3 Å². The molecule has 7 heteroatoms. The van der Waals surface area contributed by atoms with Crippen molar-refractivity contribution >= 4 is 11.6 Å². The first-order chi connectivity index (χ1) is 8.85. The van der Waals surface area contributed by atoms with Crippen LogP contribution in [0.15, 0.2) is 36.4 Å². The molecule has 0 bridgehead atoms. The Morgan fingerprint density at radius 3 is 2.47 bits per heavy atom. The molecule has 100 valence electrons. The number of hydrogen-bond acceptors (Lipinski definition) is 2. The number of pyridine rings is 1. The number of nitrogens with zero attached hydrogens (tertiary/aromatic N) is 1. The topological polar surface area (TPSA) is 22.1 Å². The lowest BCUT2D eigenvalue weighted by atomic mass is 10.1. The fourth-order valence-electron chi connectivity index (χ4n) is 1.49. The Morgan fingerprint density at radius 2 is 1.84 bits per heavy atom. The van der Waals surface area contributed by atoms with Gasteiger partial charge in [-0.3, -0.25) is 0 Å². The van der Waals surface area contributed by atoms with Crippen LogP contribution in [0.3, 0.4) is 0 Å². The van der Waals surface area contributed by atoms with Crippen LogP contribution in [-0.4, -0.2) is 11.3 Å². The molecule has 0 N–H and O–H groups in total. The fraction of sp³-hybridized carbons (Fsp3) is 0.0833. The van der Waals surface area contributed by atoms with Gasteiger partial charge in [0.15, 0.2) is 0 Å². The third-order valence-corrected chi connectivity index (χ3v) is 2.40. The zero-order valence-corrected chi connectivity index (χ0v) is 9.97. The highest BCUT2D eigenvalue weighted by Crippen LogP contribution is 2.29. The van der Waals surface area contributed by atoms with Crippen molar-refractivity contribution in [2.75, 3.05) is 0 Å². The van der Waals surface area contributed by atoms with Crippen molar-refractivity contribution in [2.45, 2.75) is 6.36 Å². The normalized spacial score (nSPS) is 11.4. The number of rotatable bonds is 2. The minimum atomic E-state index is -4.80. The number of hydrogen-bond donors (Lipinski definition) is 0. The van der Waals surface area contributed by atoms with Crippen LogP contribution in [0.4, 0.5) is 17.6 Å². The monoisotopic (exact) mass is 291 g/mol. The fourth-order valence-corrected chi connectivity index (χ4v) is 1.63. The van der Waals surface area contributed by atoms with E-state index in [0.717, 1.165) is 12.1 Å². The largest absolute Gasteiger partial charge is 0.573 e. The summed E-state index contributed by atoms with van der Waals surface area (Å²) < 4.78 is 53.6. The maximum absolute atomic E-state index is 13.5. The van der Waals surface area contributed by atoms with Crippen molar-refractivity contribution in [1.29, 1.82) is 0 Å². The van der Waals surface area contributed by atoms with Crippen LogP contribution in [-0.2, 0) is 0 Å². The minimum absolute atomic E-state index is 0.0380. The second kappa shape index (κ2) is 5.05. The molecule has 2 aromatic rings. The van der Waals surface area contributed by atoms with Crippen LogP contribution < -0.4 is 4.74 Å². The highest BCUT2D eigenvalue weighted by atomic mass is 35.5.